The number of rotatable bonds is 1. The van der Waals surface area contributed by atoms with Crippen molar-refractivity contribution in [3.8, 4) is 0 Å². The van der Waals surface area contributed by atoms with Crippen molar-refractivity contribution in [1.29, 1.82) is 0 Å². The maximum atomic E-state index is 5.60. The van der Waals surface area contributed by atoms with Crippen LogP contribution in [0.25, 0.3) is 0 Å². The van der Waals surface area contributed by atoms with E-state index in [4.69, 9.17) is 9.47 Å². The summed E-state index contributed by atoms with van der Waals surface area (Å²) in [6.07, 6.45) is 1.96. The van der Waals surface area contributed by atoms with E-state index in [0.29, 0.717) is 0 Å². The molecule has 70 valence electrons. The van der Waals surface area contributed by atoms with Crippen LogP contribution >= 0.6 is 0 Å². The van der Waals surface area contributed by atoms with E-state index in [1.165, 1.54) is 0 Å². The van der Waals surface area contributed by atoms with Gasteiger partial charge in [-0.1, -0.05) is 0 Å². The van der Waals surface area contributed by atoms with Gasteiger partial charge in [0, 0.05) is 25.9 Å². The zero-order valence-electron chi connectivity index (χ0n) is 7.51. The SMILES string of the molecule is CNN1CCC2(CC1)OCCO2. The predicted molar refractivity (Wildman–Crippen MR) is 44.5 cm³/mol. The predicted octanol–water partition coefficient (Wildman–Crippen LogP) is -0.0403. The van der Waals surface area contributed by atoms with Crippen LogP contribution in [0.3, 0.4) is 0 Å². The fourth-order valence-corrected chi connectivity index (χ4v) is 1.86. The van der Waals surface area contributed by atoms with Gasteiger partial charge in [0.25, 0.3) is 0 Å². The Morgan fingerprint density at radius 1 is 1.17 bits per heavy atom. The van der Waals surface area contributed by atoms with Crippen LogP contribution in [0.4, 0.5) is 0 Å². The van der Waals surface area contributed by atoms with E-state index in [0.717, 1.165) is 39.1 Å². The second-order valence-corrected chi connectivity index (χ2v) is 3.32. The minimum atomic E-state index is -0.229. The first kappa shape index (κ1) is 8.44. The molecule has 0 saturated carbocycles. The van der Waals surface area contributed by atoms with Crippen LogP contribution in [0.2, 0.25) is 0 Å². The van der Waals surface area contributed by atoms with Crippen LogP contribution in [-0.4, -0.2) is 44.1 Å². The lowest BCUT2D eigenvalue weighted by molar-refractivity contribution is -0.188. The van der Waals surface area contributed by atoms with Crippen molar-refractivity contribution in [3.05, 3.63) is 0 Å². The smallest absolute Gasteiger partial charge is 0.171 e. The third-order valence-corrected chi connectivity index (χ3v) is 2.66. The third-order valence-electron chi connectivity index (χ3n) is 2.66. The first-order valence-electron chi connectivity index (χ1n) is 4.55. The van der Waals surface area contributed by atoms with Gasteiger partial charge in [0.2, 0.25) is 0 Å². The summed E-state index contributed by atoms with van der Waals surface area (Å²) in [5.41, 5.74) is 3.13. The Balaban J connectivity index is 1.88. The van der Waals surface area contributed by atoms with Gasteiger partial charge in [-0.2, -0.15) is 0 Å². The number of piperidine rings is 1. The molecule has 0 aromatic rings. The van der Waals surface area contributed by atoms with E-state index in [1.54, 1.807) is 0 Å². The molecule has 0 aromatic heterocycles. The summed E-state index contributed by atoms with van der Waals surface area (Å²) < 4.78 is 11.2. The lowest BCUT2D eigenvalue weighted by Crippen LogP contribution is -2.49. The molecule has 0 unspecified atom stereocenters. The largest absolute Gasteiger partial charge is 0.347 e. The molecule has 1 spiro atoms. The molecule has 2 rings (SSSR count). The minimum Gasteiger partial charge on any atom is -0.347 e. The van der Waals surface area contributed by atoms with Gasteiger partial charge in [0.05, 0.1) is 13.2 Å². The molecule has 4 heteroatoms. The summed E-state index contributed by atoms with van der Waals surface area (Å²) in [5, 5.41) is 2.19. The average molecular weight is 172 g/mol. The molecule has 0 radical (unpaired) electrons. The van der Waals surface area contributed by atoms with Crippen molar-refractivity contribution in [3.63, 3.8) is 0 Å². The summed E-state index contributed by atoms with van der Waals surface area (Å²) in [5.74, 6) is -0.229. The molecule has 0 aromatic carbocycles. The molecule has 2 saturated heterocycles. The molecule has 2 fully saturated rings. The van der Waals surface area contributed by atoms with E-state index < -0.39 is 0 Å². The summed E-state index contributed by atoms with van der Waals surface area (Å²) in [6.45, 7) is 3.55. The van der Waals surface area contributed by atoms with Gasteiger partial charge in [-0.25, -0.2) is 5.01 Å². The van der Waals surface area contributed by atoms with Gasteiger partial charge in [-0.15, -0.1) is 0 Å². The van der Waals surface area contributed by atoms with Gasteiger partial charge >= 0.3 is 0 Å². The third kappa shape index (κ3) is 1.47. The Morgan fingerprint density at radius 2 is 1.75 bits per heavy atom. The second-order valence-electron chi connectivity index (χ2n) is 3.32. The van der Waals surface area contributed by atoms with E-state index in [1.807, 2.05) is 7.05 Å². The summed E-state index contributed by atoms with van der Waals surface area (Å²) >= 11 is 0. The highest BCUT2D eigenvalue weighted by atomic mass is 16.7. The molecule has 2 aliphatic rings. The fraction of sp³-hybridized carbons (Fsp3) is 1.00. The Kier molecular flexibility index (Phi) is 2.32. The Labute approximate surface area is 72.8 Å². The van der Waals surface area contributed by atoms with Crippen LogP contribution in [0.5, 0.6) is 0 Å². The molecule has 0 amide bonds. The normalized spacial score (nSPS) is 29.8. The lowest BCUT2D eigenvalue weighted by atomic mass is 10.1. The Hall–Kier alpha value is -0.160. The van der Waals surface area contributed by atoms with Gasteiger partial charge in [0.15, 0.2) is 5.79 Å². The monoisotopic (exact) mass is 172 g/mol. The molecule has 0 bridgehead atoms. The Bertz CT molecular complexity index is 147. The van der Waals surface area contributed by atoms with Gasteiger partial charge < -0.3 is 9.47 Å². The maximum Gasteiger partial charge on any atom is 0.171 e. The highest BCUT2D eigenvalue weighted by Crippen LogP contribution is 2.30. The van der Waals surface area contributed by atoms with E-state index >= 15 is 0 Å². The molecular weight excluding hydrogens is 156 g/mol. The van der Waals surface area contributed by atoms with E-state index in [2.05, 4.69) is 10.4 Å². The standard InChI is InChI=1S/C8H16N2O2/c1-9-10-4-2-8(3-5-10)11-6-7-12-8/h9H,2-7H2,1H3. The van der Waals surface area contributed by atoms with Crippen molar-refractivity contribution < 1.29 is 9.47 Å². The lowest BCUT2D eigenvalue weighted by Gasteiger charge is -2.36. The first-order chi connectivity index (χ1) is 5.85. The summed E-state index contributed by atoms with van der Waals surface area (Å²) in [6, 6.07) is 0. The molecule has 0 atom stereocenters. The van der Waals surface area contributed by atoms with Crippen LogP contribution in [0, 0.1) is 0 Å². The number of nitrogens with zero attached hydrogens (tertiary/aromatic N) is 1. The molecule has 2 aliphatic heterocycles. The highest BCUT2D eigenvalue weighted by Gasteiger charge is 2.39. The van der Waals surface area contributed by atoms with Crippen LogP contribution in [0.15, 0.2) is 0 Å². The van der Waals surface area contributed by atoms with Crippen molar-refractivity contribution in [2.24, 2.45) is 0 Å². The zero-order valence-corrected chi connectivity index (χ0v) is 7.51. The minimum absolute atomic E-state index is 0.229. The molecule has 4 nitrogen and oxygen atoms in total. The summed E-state index contributed by atoms with van der Waals surface area (Å²) in [7, 11) is 1.95. The second kappa shape index (κ2) is 3.30. The Morgan fingerprint density at radius 3 is 2.25 bits per heavy atom. The molecule has 1 N–H and O–H groups in total. The van der Waals surface area contributed by atoms with E-state index in [9.17, 15) is 0 Å². The maximum absolute atomic E-state index is 5.60. The molecular formula is C8H16N2O2. The number of hydrogen-bond acceptors (Lipinski definition) is 4. The zero-order chi connectivity index (χ0) is 8.44. The fourth-order valence-electron chi connectivity index (χ4n) is 1.86. The van der Waals surface area contributed by atoms with E-state index in [-0.39, 0.29) is 5.79 Å². The van der Waals surface area contributed by atoms with Gasteiger partial charge in [-0.05, 0) is 7.05 Å². The molecule has 0 aliphatic carbocycles. The summed E-state index contributed by atoms with van der Waals surface area (Å²) in [4.78, 5) is 0. The molecule has 2 heterocycles. The highest BCUT2D eigenvalue weighted by molar-refractivity contribution is 4.80. The van der Waals surface area contributed by atoms with Crippen LogP contribution in [-0.2, 0) is 9.47 Å². The molecule has 12 heavy (non-hydrogen) atoms. The van der Waals surface area contributed by atoms with Crippen molar-refractivity contribution >= 4 is 0 Å². The van der Waals surface area contributed by atoms with Crippen molar-refractivity contribution in [1.82, 2.24) is 10.4 Å². The van der Waals surface area contributed by atoms with Crippen molar-refractivity contribution in [2.75, 3.05) is 33.4 Å². The number of hydrazine groups is 1. The quantitative estimate of drug-likeness (QED) is 0.601. The van der Waals surface area contributed by atoms with Gasteiger partial charge in [0.1, 0.15) is 0 Å². The van der Waals surface area contributed by atoms with Crippen LogP contribution < -0.4 is 5.43 Å². The average Bonchev–Trinajstić information content (AvgIpc) is 2.55. The van der Waals surface area contributed by atoms with Gasteiger partial charge in [-0.3, -0.25) is 5.43 Å². The van der Waals surface area contributed by atoms with Crippen LogP contribution in [0.1, 0.15) is 12.8 Å². The number of hydrogen-bond donors (Lipinski definition) is 1. The number of nitrogens with one attached hydrogen (secondary N) is 1. The topological polar surface area (TPSA) is 33.7 Å². The number of ether oxygens (including phenoxy) is 2. The first-order valence-corrected chi connectivity index (χ1v) is 4.55. The van der Waals surface area contributed by atoms with Crippen molar-refractivity contribution in [2.45, 2.75) is 18.6 Å².